The quantitative estimate of drug-likeness (QED) is 0.327. The second-order valence-corrected chi connectivity index (χ2v) is 8.16. The highest BCUT2D eigenvalue weighted by atomic mass is 127. The Balaban J connectivity index is 0.00000300. The van der Waals surface area contributed by atoms with Crippen molar-refractivity contribution >= 4 is 41.3 Å². The third-order valence-corrected chi connectivity index (χ3v) is 6.13. The zero-order valence-electron chi connectivity index (χ0n) is 17.5. The molecule has 2 heterocycles. The predicted molar refractivity (Wildman–Crippen MR) is 131 cm³/mol. The highest BCUT2D eigenvalue weighted by Gasteiger charge is 2.22. The Labute approximate surface area is 195 Å². The largest absolute Gasteiger partial charge is 0.379 e. The molecule has 8 heteroatoms. The summed E-state index contributed by atoms with van der Waals surface area (Å²) in [4.78, 5) is 12.7. The van der Waals surface area contributed by atoms with E-state index < -0.39 is 0 Å². The van der Waals surface area contributed by atoms with Crippen LogP contribution in [-0.4, -0.2) is 55.7 Å². The third kappa shape index (κ3) is 7.20. The van der Waals surface area contributed by atoms with Gasteiger partial charge in [0.2, 0.25) is 0 Å². The van der Waals surface area contributed by atoms with Crippen LogP contribution < -0.4 is 10.6 Å². The van der Waals surface area contributed by atoms with E-state index in [2.05, 4.69) is 63.6 Å². The Morgan fingerprint density at radius 3 is 2.59 bits per heavy atom. The molecule has 0 radical (unpaired) electrons. The van der Waals surface area contributed by atoms with Crippen molar-refractivity contribution in [3.63, 3.8) is 0 Å². The van der Waals surface area contributed by atoms with Gasteiger partial charge >= 0.3 is 0 Å². The second-order valence-electron chi connectivity index (χ2n) is 6.96. The number of aromatic nitrogens is 1. The Morgan fingerprint density at radius 2 is 1.97 bits per heavy atom. The molecule has 1 aromatic heterocycles. The van der Waals surface area contributed by atoms with E-state index in [0.717, 1.165) is 50.2 Å². The van der Waals surface area contributed by atoms with Crippen molar-refractivity contribution in [3.8, 4) is 0 Å². The van der Waals surface area contributed by atoms with Gasteiger partial charge in [0, 0.05) is 37.8 Å². The van der Waals surface area contributed by atoms with Crippen molar-refractivity contribution in [2.24, 2.45) is 4.99 Å². The number of hydrogen-bond donors (Lipinski definition) is 2. The summed E-state index contributed by atoms with van der Waals surface area (Å²) in [6, 6.07) is 9.12. The van der Waals surface area contributed by atoms with Crippen molar-refractivity contribution in [1.82, 2.24) is 20.5 Å². The zero-order valence-corrected chi connectivity index (χ0v) is 20.6. The minimum atomic E-state index is 0. The maximum absolute atomic E-state index is 5.55. The number of aliphatic imine (C=N–C) groups is 1. The smallest absolute Gasteiger partial charge is 0.191 e. The number of benzene rings is 1. The molecule has 160 valence electrons. The van der Waals surface area contributed by atoms with Gasteiger partial charge in [0.15, 0.2) is 5.96 Å². The van der Waals surface area contributed by atoms with E-state index in [9.17, 15) is 0 Å². The summed E-state index contributed by atoms with van der Waals surface area (Å²) in [5.74, 6) is 0.804. The van der Waals surface area contributed by atoms with Crippen LogP contribution in [0.15, 0.2) is 35.5 Å². The van der Waals surface area contributed by atoms with Crippen LogP contribution in [0.1, 0.15) is 34.0 Å². The van der Waals surface area contributed by atoms with Crippen molar-refractivity contribution in [2.75, 3.05) is 39.9 Å². The first-order valence-electron chi connectivity index (χ1n) is 9.96. The fourth-order valence-corrected chi connectivity index (χ4v) is 4.10. The SMILES string of the molecule is CCc1cnc(CNC(=NC)NCC(c2ccc(C)cc2)N2CCOCC2)s1.I. The van der Waals surface area contributed by atoms with E-state index in [0.29, 0.717) is 6.54 Å². The normalized spacial score (nSPS) is 16.2. The van der Waals surface area contributed by atoms with E-state index in [-0.39, 0.29) is 30.0 Å². The lowest BCUT2D eigenvalue weighted by molar-refractivity contribution is 0.0170. The monoisotopic (exact) mass is 529 g/mol. The summed E-state index contributed by atoms with van der Waals surface area (Å²) < 4.78 is 5.55. The van der Waals surface area contributed by atoms with Crippen LogP contribution in [0.25, 0.3) is 0 Å². The molecule has 1 atom stereocenters. The van der Waals surface area contributed by atoms with Gasteiger partial charge in [-0.1, -0.05) is 36.8 Å². The van der Waals surface area contributed by atoms with Crippen LogP contribution in [-0.2, 0) is 17.7 Å². The molecule has 1 aliphatic heterocycles. The van der Waals surface area contributed by atoms with E-state index in [4.69, 9.17) is 4.74 Å². The number of guanidine groups is 1. The molecule has 1 unspecified atom stereocenters. The van der Waals surface area contributed by atoms with Crippen molar-refractivity contribution in [1.29, 1.82) is 0 Å². The third-order valence-electron chi connectivity index (χ3n) is 4.99. The molecule has 29 heavy (non-hydrogen) atoms. The first-order valence-corrected chi connectivity index (χ1v) is 10.8. The number of morpholine rings is 1. The number of rotatable bonds is 7. The number of thiazole rings is 1. The molecule has 2 aromatic rings. The fraction of sp³-hybridized carbons (Fsp3) is 0.524. The predicted octanol–water partition coefficient (Wildman–Crippen LogP) is 3.37. The van der Waals surface area contributed by atoms with Gasteiger partial charge in [-0.15, -0.1) is 35.3 Å². The standard InChI is InChI=1S/C21H31N5OS.HI/c1-4-18-13-23-20(28-18)15-25-21(22-3)24-14-19(26-9-11-27-12-10-26)17-7-5-16(2)6-8-17;/h5-8,13,19H,4,9-12,14-15H2,1-3H3,(H2,22,24,25);1H. The maximum atomic E-state index is 5.55. The lowest BCUT2D eigenvalue weighted by Crippen LogP contribution is -2.46. The van der Waals surface area contributed by atoms with Gasteiger partial charge in [0.25, 0.3) is 0 Å². The van der Waals surface area contributed by atoms with Crippen LogP contribution in [0, 0.1) is 6.92 Å². The number of hydrogen-bond acceptors (Lipinski definition) is 5. The Kier molecular flexibility index (Phi) is 10.3. The highest BCUT2D eigenvalue weighted by molar-refractivity contribution is 14.0. The molecule has 1 fully saturated rings. The van der Waals surface area contributed by atoms with Crippen LogP contribution >= 0.6 is 35.3 Å². The average molecular weight is 529 g/mol. The van der Waals surface area contributed by atoms with Gasteiger partial charge in [-0.3, -0.25) is 9.89 Å². The lowest BCUT2D eigenvalue weighted by Gasteiger charge is -2.35. The molecule has 2 N–H and O–H groups in total. The lowest BCUT2D eigenvalue weighted by atomic mass is 10.0. The van der Waals surface area contributed by atoms with Crippen LogP contribution in [0.4, 0.5) is 0 Å². The zero-order chi connectivity index (χ0) is 19.8. The summed E-state index contributed by atoms with van der Waals surface area (Å²) in [6.45, 7) is 9.24. The molecule has 3 rings (SSSR count). The van der Waals surface area contributed by atoms with Crippen molar-refractivity contribution in [2.45, 2.75) is 32.9 Å². The second kappa shape index (κ2) is 12.5. The molecule has 0 amide bonds. The molecule has 1 aliphatic rings. The Hall–Kier alpha value is -1.23. The summed E-state index contributed by atoms with van der Waals surface area (Å²) in [5, 5.41) is 7.98. The minimum absolute atomic E-state index is 0. The van der Waals surface area contributed by atoms with Crippen molar-refractivity contribution in [3.05, 3.63) is 51.5 Å². The van der Waals surface area contributed by atoms with E-state index in [1.54, 1.807) is 11.3 Å². The van der Waals surface area contributed by atoms with Gasteiger partial charge in [0.05, 0.1) is 25.8 Å². The van der Waals surface area contributed by atoms with Gasteiger partial charge in [-0.25, -0.2) is 4.98 Å². The average Bonchev–Trinajstić information content (AvgIpc) is 3.20. The fourth-order valence-electron chi connectivity index (χ4n) is 3.30. The molecule has 0 spiro atoms. The topological polar surface area (TPSA) is 61.8 Å². The first-order chi connectivity index (χ1) is 13.7. The van der Waals surface area contributed by atoms with Crippen molar-refractivity contribution < 1.29 is 4.74 Å². The van der Waals surface area contributed by atoms with Crippen LogP contribution in [0.2, 0.25) is 0 Å². The van der Waals surface area contributed by atoms with E-state index in [1.165, 1.54) is 16.0 Å². The Morgan fingerprint density at radius 1 is 1.24 bits per heavy atom. The number of nitrogens with zero attached hydrogens (tertiary/aromatic N) is 3. The Bertz CT molecular complexity index is 759. The van der Waals surface area contributed by atoms with Gasteiger partial charge in [0.1, 0.15) is 5.01 Å². The van der Waals surface area contributed by atoms with Gasteiger partial charge in [-0.2, -0.15) is 0 Å². The maximum Gasteiger partial charge on any atom is 0.191 e. The number of nitrogens with one attached hydrogen (secondary N) is 2. The molecule has 0 bridgehead atoms. The number of ether oxygens (including phenoxy) is 1. The minimum Gasteiger partial charge on any atom is -0.379 e. The van der Waals surface area contributed by atoms with Crippen LogP contribution in [0.5, 0.6) is 0 Å². The summed E-state index contributed by atoms with van der Waals surface area (Å²) in [7, 11) is 1.81. The van der Waals surface area contributed by atoms with Gasteiger partial charge < -0.3 is 15.4 Å². The molecular weight excluding hydrogens is 497 g/mol. The summed E-state index contributed by atoms with van der Waals surface area (Å²) in [5.41, 5.74) is 2.60. The van der Waals surface area contributed by atoms with E-state index >= 15 is 0 Å². The first kappa shape index (κ1) is 24.0. The van der Waals surface area contributed by atoms with Gasteiger partial charge in [-0.05, 0) is 18.9 Å². The molecule has 1 saturated heterocycles. The van der Waals surface area contributed by atoms with Crippen LogP contribution in [0.3, 0.4) is 0 Å². The molecule has 0 saturated carbocycles. The highest BCUT2D eigenvalue weighted by Crippen LogP contribution is 2.22. The number of halogens is 1. The molecule has 0 aliphatic carbocycles. The molecule has 1 aromatic carbocycles. The summed E-state index contributed by atoms with van der Waals surface area (Å²) >= 11 is 1.75. The molecular formula is C21H32IN5OS. The molecule has 6 nitrogen and oxygen atoms in total. The number of aryl methyl sites for hydroxylation is 2. The van der Waals surface area contributed by atoms with E-state index in [1.807, 2.05) is 13.2 Å². The summed E-state index contributed by atoms with van der Waals surface area (Å²) in [6.07, 6.45) is 2.99.